The fourth-order valence-corrected chi connectivity index (χ4v) is 2.60. The smallest absolute Gasteiger partial charge is 0.226 e. The van der Waals surface area contributed by atoms with Crippen molar-refractivity contribution in [3.8, 4) is 17.1 Å². The van der Waals surface area contributed by atoms with Crippen LogP contribution in [0, 0.1) is 0 Å². The second-order valence-corrected chi connectivity index (χ2v) is 5.91. The maximum absolute atomic E-state index is 12.0. The van der Waals surface area contributed by atoms with Crippen molar-refractivity contribution in [3.63, 3.8) is 0 Å². The molecule has 0 aliphatic rings. The maximum Gasteiger partial charge on any atom is 0.226 e. The van der Waals surface area contributed by atoms with Crippen molar-refractivity contribution >= 4 is 5.91 Å². The van der Waals surface area contributed by atoms with Gasteiger partial charge in [0.25, 0.3) is 0 Å². The summed E-state index contributed by atoms with van der Waals surface area (Å²) in [4.78, 5) is 16.1. The number of aromatic nitrogens is 2. The Labute approximate surface area is 152 Å². The number of aryl methyl sites for hydroxylation is 1. The van der Waals surface area contributed by atoms with Crippen molar-refractivity contribution in [1.29, 1.82) is 0 Å². The molecule has 0 bridgehead atoms. The molecular formula is C20H21N3O3. The van der Waals surface area contributed by atoms with Crippen molar-refractivity contribution in [2.75, 3.05) is 13.7 Å². The molecule has 26 heavy (non-hydrogen) atoms. The molecule has 3 rings (SSSR count). The zero-order chi connectivity index (χ0) is 18.2. The van der Waals surface area contributed by atoms with Crippen LogP contribution in [0.25, 0.3) is 11.3 Å². The first-order valence-electron chi connectivity index (χ1n) is 8.50. The molecule has 134 valence electrons. The van der Waals surface area contributed by atoms with Gasteiger partial charge in [0.1, 0.15) is 5.75 Å². The Bertz CT molecular complexity index is 846. The summed E-state index contributed by atoms with van der Waals surface area (Å²) in [6.07, 6.45) is 5.55. The van der Waals surface area contributed by atoms with E-state index in [-0.39, 0.29) is 12.3 Å². The molecule has 3 aromatic rings. The lowest BCUT2D eigenvalue weighted by Crippen LogP contribution is -2.26. The van der Waals surface area contributed by atoms with Gasteiger partial charge in [0.2, 0.25) is 5.91 Å². The Balaban J connectivity index is 1.46. The van der Waals surface area contributed by atoms with E-state index in [1.54, 1.807) is 19.4 Å². The van der Waals surface area contributed by atoms with E-state index in [1.807, 2.05) is 42.6 Å². The van der Waals surface area contributed by atoms with Gasteiger partial charge < -0.3 is 14.6 Å². The van der Waals surface area contributed by atoms with E-state index in [0.717, 1.165) is 24.2 Å². The van der Waals surface area contributed by atoms with Crippen LogP contribution in [0.2, 0.25) is 0 Å². The molecular weight excluding hydrogens is 330 g/mol. The number of rotatable bonds is 8. The molecule has 1 aromatic carbocycles. The number of nitrogens with one attached hydrogen (secondary N) is 1. The standard InChI is InChI=1S/C20H21N3O3/c1-25-18-8-2-7-16(11-18)19-12-17(23-26-19)13-20(24)22-10-4-6-15-5-3-9-21-14-15/h2-3,5,7-9,11-12,14H,4,6,10,13H2,1H3,(H,22,24). The summed E-state index contributed by atoms with van der Waals surface area (Å²) in [5.74, 6) is 1.29. The lowest BCUT2D eigenvalue weighted by molar-refractivity contribution is -0.120. The predicted molar refractivity (Wildman–Crippen MR) is 97.8 cm³/mol. The predicted octanol–water partition coefficient (Wildman–Crippen LogP) is 3.04. The van der Waals surface area contributed by atoms with Crippen LogP contribution in [0.1, 0.15) is 17.7 Å². The van der Waals surface area contributed by atoms with Crippen LogP contribution in [-0.2, 0) is 17.6 Å². The number of carbonyl (C=O) groups excluding carboxylic acids is 1. The van der Waals surface area contributed by atoms with Gasteiger partial charge in [-0.2, -0.15) is 0 Å². The number of nitrogens with zero attached hydrogens (tertiary/aromatic N) is 2. The maximum atomic E-state index is 12.0. The van der Waals surface area contributed by atoms with Crippen molar-refractivity contribution in [2.24, 2.45) is 0 Å². The van der Waals surface area contributed by atoms with Crippen LogP contribution in [0.15, 0.2) is 59.4 Å². The molecule has 0 saturated heterocycles. The quantitative estimate of drug-likeness (QED) is 0.631. The molecule has 6 nitrogen and oxygen atoms in total. The van der Waals surface area contributed by atoms with Gasteiger partial charge >= 0.3 is 0 Å². The molecule has 0 spiro atoms. The molecule has 0 aliphatic carbocycles. The molecule has 1 N–H and O–H groups in total. The number of carbonyl (C=O) groups is 1. The largest absolute Gasteiger partial charge is 0.497 e. The molecule has 0 unspecified atom stereocenters. The van der Waals surface area contributed by atoms with Gasteiger partial charge in [-0.1, -0.05) is 23.4 Å². The lowest BCUT2D eigenvalue weighted by Gasteiger charge is -2.03. The third kappa shape index (κ3) is 4.92. The molecule has 0 saturated carbocycles. The molecule has 0 aliphatic heterocycles. The molecule has 0 atom stereocenters. The van der Waals surface area contributed by atoms with E-state index in [0.29, 0.717) is 18.0 Å². The van der Waals surface area contributed by atoms with Gasteiger partial charge in [0.15, 0.2) is 5.76 Å². The van der Waals surface area contributed by atoms with E-state index < -0.39 is 0 Å². The molecule has 0 fully saturated rings. The van der Waals surface area contributed by atoms with Crippen LogP contribution >= 0.6 is 0 Å². The third-order valence-electron chi connectivity index (χ3n) is 3.94. The lowest BCUT2D eigenvalue weighted by atomic mass is 10.1. The molecule has 0 radical (unpaired) electrons. The Morgan fingerprint density at radius 3 is 2.96 bits per heavy atom. The van der Waals surface area contributed by atoms with Crippen LogP contribution in [-0.4, -0.2) is 29.7 Å². The van der Waals surface area contributed by atoms with Gasteiger partial charge in [-0.15, -0.1) is 0 Å². The van der Waals surface area contributed by atoms with E-state index in [2.05, 4.69) is 15.5 Å². The summed E-state index contributed by atoms with van der Waals surface area (Å²) >= 11 is 0. The summed E-state index contributed by atoms with van der Waals surface area (Å²) < 4.78 is 10.5. The normalized spacial score (nSPS) is 10.5. The first-order chi connectivity index (χ1) is 12.7. The van der Waals surface area contributed by atoms with Gasteiger partial charge in [-0.25, -0.2) is 0 Å². The van der Waals surface area contributed by atoms with E-state index in [1.165, 1.54) is 5.56 Å². The van der Waals surface area contributed by atoms with E-state index in [4.69, 9.17) is 9.26 Å². The van der Waals surface area contributed by atoms with Crippen molar-refractivity contribution < 1.29 is 14.1 Å². The minimum absolute atomic E-state index is 0.0679. The highest BCUT2D eigenvalue weighted by molar-refractivity contribution is 5.78. The summed E-state index contributed by atoms with van der Waals surface area (Å²) in [5, 5.41) is 6.89. The Hall–Kier alpha value is -3.15. The monoisotopic (exact) mass is 351 g/mol. The number of ether oxygens (including phenoxy) is 1. The number of benzene rings is 1. The highest BCUT2D eigenvalue weighted by Gasteiger charge is 2.11. The van der Waals surface area contributed by atoms with Crippen LogP contribution in [0.4, 0.5) is 0 Å². The summed E-state index contributed by atoms with van der Waals surface area (Å²) in [6, 6.07) is 13.2. The molecule has 6 heteroatoms. The van der Waals surface area contributed by atoms with Crippen molar-refractivity contribution in [3.05, 3.63) is 66.1 Å². The van der Waals surface area contributed by atoms with Gasteiger partial charge in [0, 0.05) is 30.6 Å². The van der Waals surface area contributed by atoms with Crippen LogP contribution < -0.4 is 10.1 Å². The van der Waals surface area contributed by atoms with Gasteiger partial charge in [-0.3, -0.25) is 9.78 Å². The topological polar surface area (TPSA) is 77.2 Å². The fraction of sp³-hybridized carbons (Fsp3) is 0.250. The minimum atomic E-state index is -0.0679. The summed E-state index contributed by atoms with van der Waals surface area (Å²) in [5.41, 5.74) is 2.63. The third-order valence-corrected chi connectivity index (χ3v) is 3.94. The number of hydrogen-bond acceptors (Lipinski definition) is 5. The molecule has 2 heterocycles. The van der Waals surface area contributed by atoms with Gasteiger partial charge in [-0.05, 0) is 36.6 Å². The Kier molecular flexibility index (Phi) is 5.98. The Morgan fingerprint density at radius 2 is 2.15 bits per heavy atom. The number of amides is 1. The zero-order valence-electron chi connectivity index (χ0n) is 14.6. The SMILES string of the molecule is COc1cccc(-c2cc(CC(=O)NCCCc3cccnc3)no2)c1. The molecule has 1 amide bonds. The number of methoxy groups -OCH3 is 1. The summed E-state index contributed by atoms with van der Waals surface area (Å²) in [6.45, 7) is 0.619. The zero-order valence-corrected chi connectivity index (χ0v) is 14.6. The van der Waals surface area contributed by atoms with E-state index >= 15 is 0 Å². The average molecular weight is 351 g/mol. The van der Waals surface area contributed by atoms with Crippen LogP contribution in [0.5, 0.6) is 5.75 Å². The minimum Gasteiger partial charge on any atom is -0.497 e. The first-order valence-corrected chi connectivity index (χ1v) is 8.50. The second-order valence-electron chi connectivity index (χ2n) is 5.91. The first kappa shape index (κ1) is 17.7. The number of pyridine rings is 1. The van der Waals surface area contributed by atoms with Crippen molar-refractivity contribution in [1.82, 2.24) is 15.5 Å². The fourth-order valence-electron chi connectivity index (χ4n) is 2.60. The highest BCUT2D eigenvalue weighted by Crippen LogP contribution is 2.24. The second kappa shape index (κ2) is 8.80. The van der Waals surface area contributed by atoms with Crippen molar-refractivity contribution in [2.45, 2.75) is 19.3 Å². The number of hydrogen-bond donors (Lipinski definition) is 1. The van der Waals surface area contributed by atoms with Crippen LogP contribution in [0.3, 0.4) is 0 Å². The molecule has 2 aromatic heterocycles. The average Bonchev–Trinajstić information content (AvgIpc) is 3.14. The highest BCUT2D eigenvalue weighted by atomic mass is 16.5. The van der Waals surface area contributed by atoms with E-state index in [9.17, 15) is 4.79 Å². The summed E-state index contributed by atoms with van der Waals surface area (Å²) in [7, 11) is 1.61. The Morgan fingerprint density at radius 1 is 1.23 bits per heavy atom. The van der Waals surface area contributed by atoms with Gasteiger partial charge in [0.05, 0.1) is 19.2 Å².